The second-order valence-electron chi connectivity index (χ2n) is 6.80. The Bertz CT molecular complexity index is 235. The molecule has 1 saturated carbocycles. The van der Waals surface area contributed by atoms with Gasteiger partial charge in [-0.2, -0.15) is 0 Å². The maximum Gasteiger partial charge on any atom is 0.0700 e. The van der Waals surface area contributed by atoms with E-state index in [2.05, 4.69) is 26.1 Å². The molecule has 1 rings (SSSR count). The average molecular weight is 285 g/mol. The van der Waals surface area contributed by atoms with Gasteiger partial charge >= 0.3 is 0 Å². The predicted octanol–water partition coefficient (Wildman–Crippen LogP) is 3.62. The van der Waals surface area contributed by atoms with E-state index in [0.717, 1.165) is 31.5 Å². The smallest absolute Gasteiger partial charge is 0.0700 e. The van der Waals surface area contributed by atoms with Gasteiger partial charge in [-0.05, 0) is 50.0 Å². The molecule has 0 unspecified atom stereocenters. The zero-order chi connectivity index (χ0) is 14.8. The van der Waals surface area contributed by atoms with Crippen molar-refractivity contribution >= 4 is 0 Å². The predicted molar refractivity (Wildman–Crippen MR) is 85.1 cm³/mol. The van der Waals surface area contributed by atoms with Crippen LogP contribution in [0.15, 0.2) is 0 Å². The molecule has 0 heterocycles. The first-order valence-electron chi connectivity index (χ1n) is 8.40. The molecule has 3 nitrogen and oxygen atoms in total. The van der Waals surface area contributed by atoms with Gasteiger partial charge in [-0.1, -0.05) is 27.2 Å². The number of hydrogen-bond acceptors (Lipinski definition) is 3. The molecule has 1 aliphatic carbocycles. The first-order valence-corrected chi connectivity index (χ1v) is 8.40. The summed E-state index contributed by atoms with van der Waals surface area (Å²) in [6, 6.07) is 0.734. The van der Waals surface area contributed by atoms with Crippen molar-refractivity contribution in [1.82, 2.24) is 5.32 Å². The highest BCUT2D eigenvalue weighted by atomic mass is 16.5. The average Bonchev–Trinajstić information content (AvgIpc) is 2.47. The van der Waals surface area contributed by atoms with Crippen LogP contribution in [0.5, 0.6) is 0 Å². The minimum atomic E-state index is 0.528. The molecule has 0 saturated heterocycles. The largest absolute Gasteiger partial charge is 0.382 e. The van der Waals surface area contributed by atoms with Crippen molar-refractivity contribution in [2.75, 3.05) is 33.5 Å². The van der Waals surface area contributed by atoms with Crippen LogP contribution in [0.25, 0.3) is 0 Å². The van der Waals surface area contributed by atoms with E-state index >= 15 is 0 Å². The molecule has 0 bridgehead atoms. The zero-order valence-electron chi connectivity index (χ0n) is 14.0. The Morgan fingerprint density at radius 1 is 1.05 bits per heavy atom. The van der Waals surface area contributed by atoms with E-state index in [-0.39, 0.29) is 0 Å². The molecule has 3 heteroatoms. The lowest BCUT2D eigenvalue weighted by molar-refractivity contribution is 0.0687. The summed E-state index contributed by atoms with van der Waals surface area (Å²) < 4.78 is 10.4. The standard InChI is InChI=1S/C17H35NO2/c1-5-17(2,3)15-7-9-16(10-8-15)18-11-6-12-20-14-13-19-4/h15-16,18H,5-14H2,1-4H3. The molecular formula is C17H35NO2. The van der Waals surface area contributed by atoms with E-state index in [4.69, 9.17) is 9.47 Å². The normalized spacial score (nSPS) is 24.0. The Balaban J connectivity index is 2.02. The summed E-state index contributed by atoms with van der Waals surface area (Å²) in [6.45, 7) is 10.5. The third-order valence-electron chi connectivity index (χ3n) is 5.07. The summed E-state index contributed by atoms with van der Waals surface area (Å²) in [4.78, 5) is 0. The van der Waals surface area contributed by atoms with Gasteiger partial charge in [0.05, 0.1) is 13.2 Å². The maximum atomic E-state index is 5.47. The third-order valence-corrected chi connectivity index (χ3v) is 5.07. The lowest BCUT2D eigenvalue weighted by Crippen LogP contribution is -2.37. The first kappa shape index (κ1) is 17.9. The van der Waals surface area contributed by atoms with Gasteiger partial charge in [0.2, 0.25) is 0 Å². The van der Waals surface area contributed by atoms with Crippen molar-refractivity contribution in [2.24, 2.45) is 11.3 Å². The molecule has 1 aliphatic rings. The highest BCUT2D eigenvalue weighted by molar-refractivity contribution is 4.84. The van der Waals surface area contributed by atoms with Gasteiger partial charge in [0, 0.05) is 19.8 Å². The van der Waals surface area contributed by atoms with Gasteiger partial charge in [-0.25, -0.2) is 0 Å². The molecule has 0 aromatic rings. The fraction of sp³-hybridized carbons (Fsp3) is 1.00. The topological polar surface area (TPSA) is 30.5 Å². The Hall–Kier alpha value is -0.120. The van der Waals surface area contributed by atoms with Gasteiger partial charge in [-0.15, -0.1) is 0 Å². The Morgan fingerprint density at radius 2 is 1.75 bits per heavy atom. The van der Waals surface area contributed by atoms with Crippen molar-refractivity contribution in [3.05, 3.63) is 0 Å². The fourth-order valence-corrected chi connectivity index (χ4v) is 3.09. The van der Waals surface area contributed by atoms with Crippen LogP contribution in [0.1, 0.15) is 59.3 Å². The highest BCUT2D eigenvalue weighted by Gasteiger charge is 2.31. The summed E-state index contributed by atoms with van der Waals surface area (Å²) in [6.07, 6.45) is 7.88. The van der Waals surface area contributed by atoms with Crippen molar-refractivity contribution in [1.29, 1.82) is 0 Å². The maximum absolute atomic E-state index is 5.47. The fourth-order valence-electron chi connectivity index (χ4n) is 3.09. The van der Waals surface area contributed by atoms with E-state index in [0.29, 0.717) is 18.6 Å². The van der Waals surface area contributed by atoms with Crippen LogP contribution < -0.4 is 5.32 Å². The number of rotatable bonds is 10. The molecule has 0 spiro atoms. The van der Waals surface area contributed by atoms with Gasteiger partial charge in [0.1, 0.15) is 0 Å². The van der Waals surface area contributed by atoms with Crippen molar-refractivity contribution in [2.45, 2.75) is 65.3 Å². The summed E-state index contributed by atoms with van der Waals surface area (Å²) in [5.41, 5.74) is 0.528. The molecular weight excluding hydrogens is 250 g/mol. The Morgan fingerprint density at radius 3 is 2.35 bits per heavy atom. The SMILES string of the molecule is CCC(C)(C)C1CCC(NCCCOCCOC)CC1. The molecule has 0 aromatic carbocycles. The van der Waals surface area contributed by atoms with E-state index in [1.54, 1.807) is 7.11 Å². The second-order valence-corrected chi connectivity index (χ2v) is 6.80. The second kappa shape index (κ2) is 9.75. The lowest BCUT2D eigenvalue weighted by Gasteiger charge is -2.39. The molecule has 0 aliphatic heterocycles. The van der Waals surface area contributed by atoms with Crippen LogP contribution in [-0.2, 0) is 9.47 Å². The minimum absolute atomic E-state index is 0.528. The van der Waals surface area contributed by atoms with Crippen LogP contribution in [0.4, 0.5) is 0 Å². The first-order chi connectivity index (χ1) is 9.60. The quantitative estimate of drug-likeness (QED) is 0.622. The Kier molecular flexibility index (Phi) is 8.74. The van der Waals surface area contributed by atoms with Crippen molar-refractivity contribution in [3.8, 4) is 0 Å². The minimum Gasteiger partial charge on any atom is -0.382 e. The van der Waals surface area contributed by atoms with Crippen molar-refractivity contribution < 1.29 is 9.47 Å². The third kappa shape index (κ3) is 6.55. The zero-order valence-corrected chi connectivity index (χ0v) is 14.0. The molecule has 0 atom stereocenters. The van der Waals surface area contributed by atoms with Crippen molar-refractivity contribution in [3.63, 3.8) is 0 Å². The van der Waals surface area contributed by atoms with Gasteiger partial charge in [-0.3, -0.25) is 0 Å². The molecule has 120 valence electrons. The van der Waals surface area contributed by atoms with Crippen LogP contribution in [0.2, 0.25) is 0 Å². The molecule has 0 amide bonds. The number of hydrogen-bond donors (Lipinski definition) is 1. The number of methoxy groups -OCH3 is 1. The van der Waals surface area contributed by atoms with E-state index in [9.17, 15) is 0 Å². The van der Waals surface area contributed by atoms with Crippen LogP contribution in [0.3, 0.4) is 0 Å². The van der Waals surface area contributed by atoms with Crippen LogP contribution in [0, 0.1) is 11.3 Å². The Labute approximate surface area is 125 Å². The summed E-state index contributed by atoms with van der Waals surface area (Å²) in [5, 5.41) is 3.69. The summed E-state index contributed by atoms with van der Waals surface area (Å²) in [7, 11) is 1.71. The monoisotopic (exact) mass is 285 g/mol. The number of nitrogens with one attached hydrogen (secondary N) is 1. The van der Waals surface area contributed by atoms with Gasteiger partial charge < -0.3 is 14.8 Å². The molecule has 0 aromatic heterocycles. The summed E-state index contributed by atoms with van der Waals surface area (Å²) in [5.74, 6) is 0.919. The van der Waals surface area contributed by atoms with E-state index in [1.807, 2.05) is 0 Å². The lowest BCUT2D eigenvalue weighted by atomic mass is 9.69. The van der Waals surface area contributed by atoms with Crippen LogP contribution in [-0.4, -0.2) is 39.5 Å². The number of ether oxygens (including phenoxy) is 2. The van der Waals surface area contributed by atoms with E-state index < -0.39 is 0 Å². The van der Waals surface area contributed by atoms with E-state index in [1.165, 1.54) is 32.1 Å². The molecule has 0 radical (unpaired) electrons. The molecule has 20 heavy (non-hydrogen) atoms. The van der Waals surface area contributed by atoms with Gasteiger partial charge in [0.15, 0.2) is 0 Å². The molecule has 1 N–H and O–H groups in total. The van der Waals surface area contributed by atoms with Gasteiger partial charge in [0.25, 0.3) is 0 Å². The van der Waals surface area contributed by atoms with Crippen LogP contribution >= 0.6 is 0 Å². The molecule has 1 fully saturated rings. The summed E-state index contributed by atoms with van der Waals surface area (Å²) >= 11 is 0. The highest BCUT2D eigenvalue weighted by Crippen LogP contribution is 2.40.